The van der Waals surface area contributed by atoms with Gasteiger partial charge in [0.1, 0.15) is 22.2 Å². The van der Waals surface area contributed by atoms with Crippen LogP contribution in [-0.2, 0) is 27.8 Å². The van der Waals surface area contributed by atoms with Crippen LogP contribution < -0.4 is 19.5 Å². The standard InChI is InChI=1S/C29H29FN4O5S/c1-38-23-11-9-21(27(15-23)39-2)16-32-40(36,37)28-14-22(33-29(35)13-20-5-3-4-6-24(20)30)10-12-26(28)34-17-25(31-18-34)19-7-8-19/h3-6,9-12,14-15,17-19,32H,7-8,13,16H2,1-2H3,(H,33,35). The number of halogens is 1. The number of hydrogen-bond acceptors (Lipinski definition) is 6. The highest BCUT2D eigenvalue weighted by Gasteiger charge is 2.27. The van der Waals surface area contributed by atoms with E-state index in [1.165, 1.54) is 32.4 Å². The van der Waals surface area contributed by atoms with Crippen molar-refractivity contribution < 1.29 is 27.1 Å². The quantitative estimate of drug-likeness (QED) is 0.276. The van der Waals surface area contributed by atoms with Crippen molar-refractivity contribution in [1.82, 2.24) is 14.3 Å². The summed E-state index contributed by atoms with van der Waals surface area (Å²) < 4.78 is 56.3. The number of nitrogens with one attached hydrogen (secondary N) is 2. The zero-order valence-corrected chi connectivity index (χ0v) is 22.9. The second-order valence-corrected chi connectivity index (χ2v) is 11.2. The molecule has 1 heterocycles. The van der Waals surface area contributed by atoms with Crippen LogP contribution in [0.3, 0.4) is 0 Å². The fraction of sp³-hybridized carbons (Fsp3) is 0.241. The molecule has 11 heteroatoms. The maximum absolute atomic E-state index is 14.0. The summed E-state index contributed by atoms with van der Waals surface area (Å²) in [7, 11) is -1.07. The molecule has 208 valence electrons. The summed E-state index contributed by atoms with van der Waals surface area (Å²) in [6.45, 7) is -0.0456. The van der Waals surface area contributed by atoms with E-state index in [2.05, 4.69) is 15.0 Å². The molecule has 0 unspecified atom stereocenters. The molecule has 0 spiro atoms. The lowest BCUT2D eigenvalue weighted by Gasteiger charge is -2.16. The molecular formula is C29H29FN4O5S. The number of amides is 1. The van der Waals surface area contributed by atoms with Gasteiger partial charge in [0.15, 0.2) is 0 Å². The molecule has 0 radical (unpaired) electrons. The van der Waals surface area contributed by atoms with E-state index in [-0.39, 0.29) is 29.1 Å². The second-order valence-electron chi connectivity index (χ2n) is 9.48. The maximum Gasteiger partial charge on any atom is 0.243 e. The van der Waals surface area contributed by atoms with Gasteiger partial charge in [0.25, 0.3) is 0 Å². The Labute approximate surface area is 232 Å². The van der Waals surface area contributed by atoms with Crippen molar-refractivity contribution >= 4 is 21.6 Å². The number of carbonyl (C=O) groups is 1. The lowest BCUT2D eigenvalue weighted by molar-refractivity contribution is -0.115. The molecule has 0 saturated heterocycles. The molecule has 0 atom stereocenters. The van der Waals surface area contributed by atoms with E-state index >= 15 is 0 Å². The van der Waals surface area contributed by atoms with Crippen molar-refractivity contribution in [3.05, 3.63) is 95.8 Å². The molecule has 4 aromatic rings. The average molecular weight is 565 g/mol. The minimum Gasteiger partial charge on any atom is -0.497 e. The Bertz CT molecular complexity index is 1650. The van der Waals surface area contributed by atoms with Crippen LogP contribution in [0.4, 0.5) is 10.1 Å². The number of rotatable bonds is 11. The number of methoxy groups -OCH3 is 2. The van der Waals surface area contributed by atoms with Crippen LogP contribution >= 0.6 is 0 Å². The van der Waals surface area contributed by atoms with Gasteiger partial charge < -0.3 is 19.4 Å². The van der Waals surface area contributed by atoms with E-state index in [0.29, 0.717) is 28.7 Å². The number of sulfonamides is 1. The van der Waals surface area contributed by atoms with Crippen molar-refractivity contribution in [3.63, 3.8) is 0 Å². The first-order valence-electron chi connectivity index (χ1n) is 12.7. The molecule has 0 bridgehead atoms. The summed E-state index contributed by atoms with van der Waals surface area (Å²) in [6, 6.07) is 15.7. The van der Waals surface area contributed by atoms with Crippen LogP contribution in [0.25, 0.3) is 5.69 Å². The number of aromatic nitrogens is 2. The summed E-state index contributed by atoms with van der Waals surface area (Å²) >= 11 is 0. The summed E-state index contributed by atoms with van der Waals surface area (Å²) in [5, 5.41) is 2.69. The molecule has 1 aliphatic carbocycles. The third-order valence-corrected chi connectivity index (χ3v) is 8.10. The summed E-state index contributed by atoms with van der Waals surface area (Å²) in [6.07, 6.45) is 5.33. The van der Waals surface area contributed by atoms with E-state index in [0.717, 1.165) is 18.5 Å². The molecular weight excluding hydrogens is 535 g/mol. The predicted octanol–water partition coefficient (Wildman–Crippen LogP) is 4.57. The monoisotopic (exact) mass is 564 g/mol. The first kappa shape index (κ1) is 27.4. The molecule has 0 aliphatic heterocycles. The van der Waals surface area contributed by atoms with Gasteiger partial charge in [0, 0.05) is 36.0 Å². The van der Waals surface area contributed by atoms with E-state index in [4.69, 9.17) is 9.47 Å². The zero-order chi connectivity index (χ0) is 28.3. The Morgan fingerprint density at radius 1 is 1.05 bits per heavy atom. The normalized spacial score (nSPS) is 13.2. The maximum atomic E-state index is 14.0. The molecule has 1 fully saturated rings. The minimum absolute atomic E-state index is 0.0456. The average Bonchev–Trinajstić information content (AvgIpc) is 3.69. The van der Waals surface area contributed by atoms with Crippen LogP contribution in [-0.4, -0.2) is 38.1 Å². The first-order valence-corrected chi connectivity index (χ1v) is 14.2. The third-order valence-electron chi connectivity index (χ3n) is 6.67. The highest BCUT2D eigenvalue weighted by Crippen LogP contribution is 2.39. The van der Waals surface area contributed by atoms with Crippen LogP contribution in [0.15, 0.2) is 78.1 Å². The van der Waals surface area contributed by atoms with Crippen LogP contribution in [0, 0.1) is 5.82 Å². The first-order chi connectivity index (χ1) is 19.3. The van der Waals surface area contributed by atoms with Gasteiger partial charge in [0.05, 0.1) is 38.3 Å². The zero-order valence-electron chi connectivity index (χ0n) is 22.1. The molecule has 2 N–H and O–H groups in total. The second kappa shape index (κ2) is 11.5. The van der Waals surface area contributed by atoms with Crippen molar-refractivity contribution in [2.75, 3.05) is 19.5 Å². The molecule has 5 rings (SSSR count). The van der Waals surface area contributed by atoms with E-state index in [1.54, 1.807) is 53.4 Å². The van der Waals surface area contributed by atoms with Crippen molar-refractivity contribution in [3.8, 4) is 17.2 Å². The summed E-state index contributed by atoms with van der Waals surface area (Å²) in [5.74, 6) is 0.479. The third kappa shape index (κ3) is 6.16. The van der Waals surface area contributed by atoms with E-state index in [1.807, 2.05) is 6.20 Å². The van der Waals surface area contributed by atoms with Gasteiger partial charge in [-0.1, -0.05) is 24.3 Å². The Hall–Kier alpha value is -4.22. The number of benzene rings is 3. The highest BCUT2D eigenvalue weighted by molar-refractivity contribution is 7.89. The molecule has 1 aliphatic rings. The summed E-state index contributed by atoms with van der Waals surface area (Å²) in [4.78, 5) is 17.1. The summed E-state index contributed by atoms with van der Waals surface area (Å²) in [5.41, 5.74) is 2.39. The molecule has 3 aromatic carbocycles. The van der Waals surface area contributed by atoms with Gasteiger partial charge >= 0.3 is 0 Å². The number of nitrogens with zero attached hydrogens (tertiary/aromatic N) is 2. The van der Waals surface area contributed by atoms with E-state index in [9.17, 15) is 17.6 Å². The van der Waals surface area contributed by atoms with Gasteiger partial charge in [-0.2, -0.15) is 0 Å². The number of hydrogen-bond donors (Lipinski definition) is 2. The lowest BCUT2D eigenvalue weighted by atomic mass is 10.1. The molecule has 1 amide bonds. The van der Waals surface area contributed by atoms with Crippen molar-refractivity contribution in [1.29, 1.82) is 0 Å². The highest BCUT2D eigenvalue weighted by atomic mass is 32.2. The number of ether oxygens (including phenoxy) is 2. The van der Waals surface area contributed by atoms with Crippen LogP contribution in [0.5, 0.6) is 11.5 Å². The van der Waals surface area contributed by atoms with Crippen LogP contribution in [0.1, 0.15) is 35.6 Å². The fourth-order valence-corrected chi connectivity index (χ4v) is 5.58. The Morgan fingerprint density at radius 2 is 1.85 bits per heavy atom. The number of anilines is 1. The molecule has 9 nitrogen and oxygen atoms in total. The predicted molar refractivity (Wildman–Crippen MR) is 148 cm³/mol. The largest absolute Gasteiger partial charge is 0.497 e. The number of carbonyl (C=O) groups excluding carboxylic acids is 1. The topological polar surface area (TPSA) is 112 Å². The lowest BCUT2D eigenvalue weighted by Crippen LogP contribution is -2.25. The van der Waals surface area contributed by atoms with Gasteiger partial charge in [-0.25, -0.2) is 22.5 Å². The SMILES string of the molecule is COc1ccc(CNS(=O)(=O)c2cc(NC(=O)Cc3ccccc3F)ccc2-n2cnc(C3CC3)c2)c(OC)c1. The smallest absolute Gasteiger partial charge is 0.243 e. The van der Waals surface area contributed by atoms with Gasteiger partial charge in [-0.05, 0) is 48.7 Å². The fourth-order valence-electron chi connectivity index (χ4n) is 4.35. The van der Waals surface area contributed by atoms with Gasteiger partial charge in [-0.15, -0.1) is 0 Å². The van der Waals surface area contributed by atoms with Crippen molar-refractivity contribution in [2.24, 2.45) is 0 Å². The Kier molecular flexibility index (Phi) is 7.85. The molecule has 1 saturated carbocycles. The molecule has 1 aromatic heterocycles. The Balaban J connectivity index is 1.44. The van der Waals surface area contributed by atoms with Crippen molar-refractivity contribution in [2.45, 2.75) is 36.6 Å². The van der Waals surface area contributed by atoms with E-state index < -0.39 is 21.7 Å². The Morgan fingerprint density at radius 3 is 2.58 bits per heavy atom. The van der Waals surface area contributed by atoms with Gasteiger partial charge in [-0.3, -0.25) is 4.79 Å². The van der Waals surface area contributed by atoms with Gasteiger partial charge in [0.2, 0.25) is 15.9 Å². The number of imidazole rings is 1. The minimum atomic E-state index is -4.09. The van der Waals surface area contributed by atoms with Crippen LogP contribution in [0.2, 0.25) is 0 Å². The molecule has 40 heavy (non-hydrogen) atoms.